The molecular weight excluding hydrogens is 209 g/mol. The molecule has 5 nitrogen and oxygen atoms in total. The number of rotatable bonds is 1. The Morgan fingerprint density at radius 2 is 2.00 bits per heavy atom. The predicted octanol–water partition coefficient (Wildman–Crippen LogP) is 1.58. The van der Waals surface area contributed by atoms with Gasteiger partial charge in [0.1, 0.15) is 12.1 Å². The molecular formula is C10H2FN5. The molecule has 0 atom stereocenters. The maximum atomic E-state index is 13.5. The van der Waals surface area contributed by atoms with Crippen molar-refractivity contribution in [3.05, 3.63) is 34.1 Å². The summed E-state index contributed by atoms with van der Waals surface area (Å²) in [6, 6.07) is 4.70. The van der Waals surface area contributed by atoms with E-state index in [-0.39, 0.29) is 17.8 Å². The first-order valence-corrected chi connectivity index (χ1v) is 3.96. The first-order valence-electron chi connectivity index (χ1n) is 3.96. The number of nitrogens with zero attached hydrogens (tertiary/aromatic N) is 5. The van der Waals surface area contributed by atoms with Gasteiger partial charge in [-0.1, -0.05) is 6.57 Å². The molecule has 1 aromatic heterocycles. The van der Waals surface area contributed by atoms with E-state index in [9.17, 15) is 4.39 Å². The van der Waals surface area contributed by atoms with Crippen molar-refractivity contribution in [3.63, 3.8) is 0 Å². The van der Waals surface area contributed by atoms with Crippen LogP contribution in [0, 0.1) is 46.4 Å². The van der Waals surface area contributed by atoms with Gasteiger partial charge in [-0.15, -0.1) is 4.98 Å². The summed E-state index contributed by atoms with van der Waals surface area (Å²) in [4.78, 5) is 6.41. The van der Waals surface area contributed by atoms with Gasteiger partial charge in [0.25, 0.3) is 11.5 Å². The molecule has 74 valence electrons. The Morgan fingerprint density at radius 1 is 1.31 bits per heavy atom. The minimum Gasteiger partial charge on any atom is -0.360 e. The maximum absolute atomic E-state index is 13.5. The van der Waals surface area contributed by atoms with Crippen molar-refractivity contribution in [2.45, 2.75) is 6.42 Å². The van der Waals surface area contributed by atoms with Crippen LogP contribution in [0.2, 0.25) is 0 Å². The van der Waals surface area contributed by atoms with Crippen molar-refractivity contribution in [3.8, 4) is 18.2 Å². The second-order valence-corrected chi connectivity index (χ2v) is 2.62. The number of nitriles is 3. The van der Waals surface area contributed by atoms with Crippen molar-refractivity contribution in [1.82, 2.24) is 4.98 Å². The Bertz CT molecular complexity index is 607. The van der Waals surface area contributed by atoms with E-state index in [4.69, 9.17) is 22.4 Å². The highest BCUT2D eigenvalue weighted by Gasteiger charge is 2.21. The zero-order valence-corrected chi connectivity index (χ0v) is 7.82. The summed E-state index contributed by atoms with van der Waals surface area (Å²) < 4.78 is 13.5. The van der Waals surface area contributed by atoms with Crippen LogP contribution in [-0.2, 0) is 6.42 Å². The standard InChI is InChI=1S/C10H2FN5/c1-15-10-6(2-3-12)7(4-13)9(11)8(5-14)16-10/h2H2. The first kappa shape index (κ1) is 11.1. The highest BCUT2D eigenvalue weighted by atomic mass is 19.1. The zero-order chi connectivity index (χ0) is 12.1. The Labute approximate surface area is 90.4 Å². The monoisotopic (exact) mass is 211 g/mol. The smallest absolute Gasteiger partial charge is 0.276 e. The van der Waals surface area contributed by atoms with E-state index in [2.05, 4.69) is 9.83 Å². The largest absolute Gasteiger partial charge is 0.360 e. The third-order valence-electron chi connectivity index (χ3n) is 1.80. The quantitative estimate of drug-likeness (QED) is 0.659. The van der Waals surface area contributed by atoms with Crippen molar-refractivity contribution < 1.29 is 4.39 Å². The van der Waals surface area contributed by atoms with E-state index in [0.29, 0.717) is 0 Å². The lowest BCUT2D eigenvalue weighted by Gasteiger charge is -2.02. The van der Waals surface area contributed by atoms with Gasteiger partial charge in [-0.3, -0.25) is 0 Å². The number of pyridine rings is 1. The lowest BCUT2D eigenvalue weighted by atomic mass is 10.1. The molecule has 0 aromatic carbocycles. The highest BCUT2D eigenvalue weighted by Crippen LogP contribution is 2.24. The first-order chi connectivity index (χ1) is 7.69. The molecule has 6 heteroatoms. The molecule has 0 saturated heterocycles. The van der Waals surface area contributed by atoms with Gasteiger partial charge >= 0.3 is 0 Å². The summed E-state index contributed by atoms with van der Waals surface area (Å²) in [6.07, 6.45) is -0.295. The van der Waals surface area contributed by atoms with Crippen molar-refractivity contribution in [2.75, 3.05) is 0 Å². The van der Waals surface area contributed by atoms with Gasteiger partial charge in [-0.25, -0.2) is 0 Å². The second-order valence-electron chi connectivity index (χ2n) is 2.62. The van der Waals surface area contributed by atoms with E-state index in [1.165, 1.54) is 12.1 Å². The zero-order valence-electron chi connectivity index (χ0n) is 7.82. The fraction of sp³-hybridized carbons (Fsp3) is 0.100. The van der Waals surface area contributed by atoms with E-state index < -0.39 is 17.1 Å². The molecule has 1 rings (SSSR count). The van der Waals surface area contributed by atoms with Crippen LogP contribution in [0.25, 0.3) is 4.85 Å². The van der Waals surface area contributed by atoms with Crippen LogP contribution in [0.1, 0.15) is 16.8 Å². The molecule has 0 aliphatic rings. The molecule has 0 spiro atoms. The van der Waals surface area contributed by atoms with E-state index in [1.54, 1.807) is 6.07 Å². The SMILES string of the molecule is [C-]#[N+]c1nc(C#N)c(F)c(C#N)c1CC#N. The van der Waals surface area contributed by atoms with Crippen LogP contribution in [0.15, 0.2) is 0 Å². The fourth-order valence-electron chi connectivity index (χ4n) is 1.11. The van der Waals surface area contributed by atoms with Gasteiger partial charge in [0.05, 0.1) is 18.1 Å². The summed E-state index contributed by atoms with van der Waals surface area (Å²) in [7, 11) is 0. The number of halogens is 1. The second kappa shape index (κ2) is 4.51. The molecule has 1 heterocycles. The number of hydrogen-bond donors (Lipinski definition) is 0. The fourth-order valence-corrected chi connectivity index (χ4v) is 1.11. The molecule has 0 aliphatic carbocycles. The Kier molecular flexibility index (Phi) is 3.13. The molecule has 16 heavy (non-hydrogen) atoms. The van der Waals surface area contributed by atoms with Crippen LogP contribution in [0.4, 0.5) is 10.2 Å². The lowest BCUT2D eigenvalue weighted by Crippen LogP contribution is -2.00. The summed E-state index contributed by atoms with van der Waals surface area (Å²) in [5, 5.41) is 25.8. The highest BCUT2D eigenvalue weighted by molar-refractivity contribution is 5.58. The summed E-state index contributed by atoms with van der Waals surface area (Å²) in [6.45, 7) is 6.79. The van der Waals surface area contributed by atoms with Crippen LogP contribution >= 0.6 is 0 Å². The van der Waals surface area contributed by atoms with E-state index in [0.717, 1.165) is 0 Å². The third kappa shape index (κ3) is 1.64. The van der Waals surface area contributed by atoms with E-state index in [1.807, 2.05) is 0 Å². The molecule has 0 fully saturated rings. The molecule has 0 saturated carbocycles. The van der Waals surface area contributed by atoms with Gasteiger partial charge < -0.3 is 4.85 Å². The Balaban J connectivity index is 3.70. The Morgan fingerprint density at radius 3 is 2.44 bits per heavy atom. The molecule has 0 bridgehead atoms. The van der Waals surface area contributed by atoms with Crippen LogP contribution in [0.3, 0.4) is 0 Å². The van der Waals surface area contributed by atoms with Crippen LogP contribution in [0.5, 0.6) is 0 Å². The summed E-state index contributed by atoms with van der Waals surface area (Å²) in [5.74, 6) is -1.36. The van der Waals surface area contributed by atoms with Gasteiger partial charge in [0.2, 0.25) is 0 Å². The minimum absolute atomic E-state index is 0.0727. The van der Waals surface area contributed by atoms with Gasteiger partial charge in [-0.05, 0) is 0 Å². The molecule has 1 aromatic rings. The molecule has 0 amide bonds. The van der Waals surface area contributed by atoms with Crippen molar-refractivity contribution in [2.24, 2.45) is 0 Å². The molecule has 0 unspecified atom stereocenters. The number of hydrogen-bond acceptors (Lipinski definition) is 4. The molecule has 0 radical (unpaired) electrons. The predicted molar refractivity (Wildman–Crippen MR) is 49.2 cm³/mol. The topological polar surface area (TPSA) is 88.6 Å². The minimum atomic E-state index is -1.08. The van der Waals surface area contributed by atoms with Crippen LogP contribution in [-0.4, -0.2) is 4.98 Å². The summed E-state index contributed by atoms with van der Waals surface area (Å²) >= 11 is 0. The van der Waals surface area contributed by atoms with Crippen molar-refractivity contribution >= 4 is 5.82 Å². The average Bonchev–Trinajstić information content (AvgIpc) is 2.30. The van der Waals surface area contributed by atoms with Crippen molar-refractivity contribution in [1.29, 1.82) is 15.8 Å². The summed E-state index contributed by atoms with van der Waals surface area (Å²) in [5.41, 5.74) is -1.14. The van der Waals surface area contributed by atoms with Gasteiger partial charge in [0.15, 0.2) is 5.82 Å². The van der Waals surface area contributed by atoms with Gasteiger partial charge in [0, 0.05) is 5.56 Å². The van der Waals surface area contributed by atoms with Crippen LogP contribution < -0.4 is 0 Å². The number of aromatic nitrogens is 1. The normalized spacial score (nSPS) is 8.31. The lowest BCUT2D eigenvalue weighted by molar-refractivity contribution is 0.611. The van der Waals surface area contributed by atoms with Gasteiger partial charge in [-0.2, -0.15) is 20.2 Å². The Hall–Kier alpha value is -2.96. The average molecular weight is 211 g/mol. The van der Waals surface area contributed by atoms with E-state index >= 15 is 0 Å². The molecule has 0 N–H and O–H groups in total. The maximum Gasteiger partial charge on any atom is 0.276 e. The molecule has 0 aliphatic heterocycles. The third-order valence-corrected chi connectivity index (χ3v) is 1.80.